The van der Waals surface area contributed by atoms with Gasteiger partial charge in [-0.2, -0.15) is 0 Å². The van der Waals surface area contributed by atoms with E-state index in [9.17, 15) is 67.1 Å². The molecular weight excluding hydrogens is 742 g/mol. The van der Waals surface area contributed by atoms with Gasteiger partial charge in [0, 0.05) is 0 Å². The minimum Gasteiger partial charge on any atom is -0.481 e. The molecule has 0 saturated heterocycles. The van der Waals surface area contributed by atoms with Crippen LogP contribution in [0.1, 0.15) is 32.1 Å². The highest BCUT2D eigenvalue weighted by molar-refractivity contribution is 6.33. The number of hydrogen-bond donors (Lipinski definition) is 11. The summed E-state index contributed by atoms with van der Waals surface area (Å²) >= 11 is 0. The van der Waals surface area contributed by atoms with E-state index < -0.39 is 146 Å². The number of aliphatic carboxylic acids is 6. The van der Waals surface area contributed by atoms with Crippen LogP contribution in [0.3, 0.4) is 0 Å². The molecule has 0 fully saturated rings. The van der Waals surface area contributed by atoms with Crippen molar-refractivity contribution in [2.45, 2.75) is 62.3 Å². The van der Waals surface area contributed by atoms with E-state index in [-0.39, 0.29) is 0 Å². The second kappa shape index (κ2) is 25.2. The Kier molecular flexibility index (Phi) is 24.0. The van der Waals surface area contributed by atoms with Gasteiger partial charge in [-0.15, -0.1) is 0 Å². The van der Waals surface area contributed by atoms with Crippen LogP contribution in [0.4, 0.5) is 0 Å². The summed E-state index contributed by atoms with van der Waals surface area (Å²) in [5.74, 6) is -21.9. The minimum atomic E-state index is -1.89. The lowest BCUT2D eigenvalue weighted by Crippen LogP contribution is -2.36. The van der Waals surface area contributed by atoms with E-state index in [0.717, 1.165) is 0 Å². The van der Waals surface area contributed by atoms with Crippen molar-refractivity contribution in [3.63, 3.8) is 0 Å². The molecule has 16 N–H and O–H groups in total. The molecule has 29 nitrogen and oxygen atoms in total. The van der Waals surface area contributed by atoms with Crippen molar-refractivity contribution in [2.24, 2.45) is 28.7 Å². The van der Waals surface area contributed by atoms with Crippen LogP contribution < -0.4 is 28.7 Å². The van der Waals surface area contributed by atoms with Crippen LogP contribution >= 0.6 is 0 Å². The van der Waals surface area contributed by atoms with Gasteiger partial charge in [-0.1, -0.05) is 0 Å². The van der Waals surface area contributed by atoms with Crippen molar-refractivity contribution >= 4 is 83.6 Å². The van der Waals surface area contributed by atoms with Crippen molar-refractivity contribution < 1.29 is 117 Å². The van der Waals surface area contributed by atoms with E-state index in [1.54, 1.807) is 0 Å². The first-order valence-corrected chi connectivity index (χ1v) is 13.3. The van der Waals surface area contributed by atoms with Crippen molar-refractivity contribution in [1.82, 2.24) is 0 Å². The maximum absolute atomic E-state index is 11.1. The topological polar surface area (TPSA) is 527 Å². The number of hydrogen-bond acceptors (Lipinski definition) is 23. The van der Waals surface area contributed by atoms with Crippen molar-refractivity contribution in [1.29, 1.82) is 0 Å². The van der Waals surface area contributed by atoms with Crippen LogP contribution in [0.25, 0.3) is 0 Å². The summed E-state index contributed by atoms with van der Waals surface area (Å²) in [6.45, 7) is 0. The molecule has 0 amide bonds. The fourth-order valence-electron chi connectivity index (χ4n) is 2.09. The first kappa shape index (κ1) is 50.6. The van der Waals surface area contributed by atoms with E-state index >= 15 is 0 Å². The number of ether oxygens (including phenoxy) is 4. The predicted molar refractivity (Wildman–Crippen MR) is 153 cm³/mol. The Morgan fingerprint density at radius 1 is 0.321 bits per heavy atom. The quantitative estimate of drug-likeness (QED) is 0.0318. The Morgan fingerprint density at radius 3 is 0.585 bits per heavy atom. The van der Waals surface area contributed by atoms with Gasteiger partial charge in [-0.25, -0.2) is 19.2 Å². The van der Waals surface area contributed by atoms with Crippen LogP contribution in [0, 0.1) is 0 Å². The second-order valence-corrected chi connectivity index (χ2v) is 9.18. The zero-order chi connectivity index (χ0) is 42.3. The first-order chi connectivity index (χ1) is 24.1. The Bertz CT molecular complexity index is 1290. The highest BCUT2D eigenvalue weighted by atomic mass is 16.6. The van der Waals surface area contributed by atoms with Gasteiger partial charge in [-0.3, -0.25) is 47.9 Å². The van der Waals surface area contributed by atoms with Gasteiger partial charge in [0.2, 0.25) is 0 Å². The molecule has 0 aromatic rings. The number of nitrogens with two attached hydrogens (primary N) is 5. The minimum absolute atomic E-state index is 0.532. The maximum Gasteiger partial charge on any atom is 0.425 e. The molecule has 0 aliphatic rings. The Labute approximate surface area is 291 Å². The van der Waals surface area contributed by atoms with Gasteiger partial charge in [0.25, 0.3) is 0 Å². The average Bonchev–Trinajstić information content (AvgIpc) is 3.00. The molecule has 0 aliphatic heterocycles. The van der Waals surface area contributed by atoms with Gasteiger partial charge < -0.3 is 78.3 Å². The zero-order valence-corrected chi connectivity index (χ0v) is 26.3. The third kappa shape index (κ3) is 25.8. The van der Waals surface area contributed by atoms with Crippen molar-refractivity contribution in [3.05, 3.63) is 0 Å². The molecule has 0 bridgehead atoms. The Morgan fingerprint density at radius 2 is 0.472 bits per heavy atom. The van der Waals surface area contributed by atoms with Gasteiger partial charge in [0.15, 0.2) is 0 Å². The fourth-order valence-corrected chi connectivity index (χ4v) is 2.09. The fraction of sp³-hybridized carbons (Fsp3) is 0.417. The van der Waals surface area contributed by atoms with Gasteiger partial charge in [0.1, 0.15) is 30.2 Å². The second-order valence-electron chi connectivity index (χ2n) is 9.18. The molecule has 0 spiro atoms. The maximum atomic E-state index is 11.1. The number of esters is 8. The summed E-state index contributed by atoms with van der Waals surface area (Å²) in [6.07, 6.45) is -4.12. The van der Waals surface area contributed by atoms with Crippen LogP contribution in [0.2, 0.25) is 0 Å². The standard InChI is InChI=1S/2C10H12N2O10.C4H7NO4/c2*11-3(7(15)16)1-5(13)21-9(19)10(20)22-6(14)2-4(12)8(17)18;5-2(4(8)9)1-3(6)7/h2*3-4H,1-2,11-12H2,(H,15,16)(H,17,18);2H,1,5H2,(H,6,7)(H,8,9)/t2*3-,4-;2-/m000/s1. The Balaban J connectivity index is -0.000000768. The molecule has 0 aromatic heterocycles. The lowest BCUT2D eigenvalue weighted by atomic mass is 10.2. The number of rotatable bonds is 15. The molecular formula is C24H31N5O24. The number of carbonyl (C=O) groups is 14. The molecule has 0 saturated carbocycles. The van der Waals surface area contributed by atoms with Gasteiger partial charge in [-0.05, 0) is 0 Å². The van der Waals surface area contributed by atoms with Crippen molar-refractivity contribution in [3.8, 4) is 0 Å². The summed E-state index contributed by atoms with van der Waals surface area (Å²) in [7, 11) is 0. The highest BCUT2D eigenvalue weighted by Gasteiger charge is 2.29. The van der Waals surface area contributed by atoms with Crippen LogP contribution in [-0.2, 0) is 86.1 Å². The van der Waals surface area contributed by atoms with E-state index in [1.165, 1.54) is 0 Å². The average molecular weight is 774 g/mol. The van der Waals surface area contributed by atoms with Crippen LogP contribution in [0.5, 0.6) is 0 Å². The predicted octanol–water partition coefficient (Wildman–Crippen LogP) is -7.67. The molecule has 0 rings (SSSR count). The first-order valence-electron chi connectivity index (χ1n) is 13.3. The Hall–Kier alpha value is -6.82. The number of carbonyl (C=O) groups excluding carboxylic acids is 8. The molecule has 0 heterocycles. The lowest BCUT2D eigenvalue weighted by Gasteiger charge is -2.06. The smallest absolute Gasteiger partial charge is 0.425 e. The summed E-state index contributed by atoms with van der Waals surface area (Å²) in [4.78, 5) is 149. The van der Waals surface area contributed by atoms with Crippen LogP contribution in [-0.4, -0.2) is 144 Å². The monoisotopic (exact) mass is 773 g/mol. The zero-order valence-electron chi connectivity index (χ0n) is 26.3. The third-order valence-corrected chi connectivity index (χ3v) is 4.69. The summed E-state index contributed by atoms with van der Waals surface area (Å²) in [5, 5.41) is 49.7. The largest absolute Gasteiger partial charge is 0.481 e. The van der Waals surface area contributed by atoms with Crippen LogP contribution in [0.15, 0.2) is 0 Å². The summed E-state index contributed by atoms with van der Waals surface area (Å²) < 4.78 is 15.6. The van der Waals surface area contributed by atoms with E-state index in [4.69, 9.17) is 59.3 Å². The summed E-state index contributed by atoms with van der Waals surface area (Å²) in [6, 6.07) is -7.88. The number of carboxylic acids is 6. The molecule has 296 valence electrons. The van der Waals surface area contributed by atoms with Gasteiger partial charge >= 0.3 is 83.6 Å². The normalized spacial score (nSPS) is 12.6. The molecule has 5 atom stereocenters. The van der Waals surface area contributed by atoms with E-state index in [2.05, 4.69) is 18.9 Å². The molecule has 29 heteroatoms. The molecule has 0 unspecified atom stereocenters. The molecule has 0 aromatic carbocycles. The third-order valence-electron chi connectivity index (χ3n) is 4.69. The number of carboxylic acid groups (broad SMARTS) is 6. The van der Waals surface area contributed by atoms with Crippen molar-refractivity contribution in [2.75, 3.05) is 0 Å². The molecule has 0 aliphatic carbocycles. The lowest BCUT2D eigenvalue weighted by molar-refractivity contribution is -0.178. The van der Waals surface area contributed by atoms with E-state index in [0.29, 0.717) is 0 Å². The van der Waals surface area contributed by atoms with E-state index in [1.807, 2.05) is 0 Å². The molecule has 0 radical (unpaired) electrons. The SMILES string of the molecule is N[C@@H](CC(=O)O)C(=O)O.N[C@@H](CC(=O)OC(=O)C(=O)OC(=O)C[C@H](N)C(=O)O)C(=O)O.N[C@@H](CC(=O)OC(=O)C(=O)OC(=O)C[C@H](N)C(=O)O)C(=O)O. The molecule has 53 heavy (non-hydrogen) atoms. The highest BCUT2D eigenvalue weighted by Crippen LogP contribution is 1.99. The van der Waals surface area contributed by atoms with Gasteiger partial charge in [0.05, 0.1) is 32.1 Å². The summed E-state index contributed by atoms with van der Waals surface area (Å²) in [5.41, 5.74) is 24.8.